The Balaban J connectivity index is 0.000000185. The lowest BCUT2D eigenvalue weighted by molar-refractivity contribution is -0.146. The highest BCUT2D eigenvalue weighted by Crippen LogP contribution is 2.55. The van der Waals surface area contributed by atoms with Crippen molar-refractivity contribution in [2.45, 2.75) is 91.9 Å². The summed E-state index contributed by atoms with van der Waals surface area (Å²) in [6, 6.07) is 17.8. The molecule has 8 atom stereocenters. The minimum absolute atomic E-state index is 0.0244. The number of carbonyl (C=O) groups excluding carboxylic acids is 4. The van der Waals surface area contributed by atoms with Crippen molar-refractivity contribution in [1.82, 2.24) is 39.3 Å². The fraction of sp³-hybridized carbons (Fsp3) is 0.371. The maximum Gasteiger partial charge on any atom is 0.459 e. The standard InChI is InChI=1S/2C35H36F2N5O8PS/c2*1-6-49-51(46,39-32(34(45)47-5)35(2,3)4)50-30-23(43)13-14-41-29(30)33(44)40-15-16-48-17-24(40)42(41)28-19-9-7-8-10-20(19)31-27(38-18-52-31)25-21(28)11-12-22(36)26(25)37/h2*7-14,18,24,28,32H,6,15-17H2,1-5H3,(H,39,46)/t24?,28?,32-,51?;24-,28-,32+,51?/m01/s1. The van der Waals surface area contributed by atoms with Gasteiger partial charge in [-0.15, -0.1) is 22.7 Å². The quantitative estimate of drug-likeness (QED) is 0.0516. The molecule has 34 heteroatoms. The van der Waals surface area contributed by atoms with Crippen LogP contribution in [0.1, 0.15) is 111 Å². The summed E-state index contributed by atoms with van der Waals surface area (Å²) in [6.45, 7) is 13.7. The van der Waals surface area contributed by atoms with Crippen molar-refractivity contribution in [1.29, 1.82) is 0 Å². The molecule has 0 bridgehead atoms. The van der Waals surface area contributed by atoms with Crippen molar-refractivity contribution in [3.05, 3.63) is 186 Å². The molecule has 2 amide bonds. The number of amides is 2. The van der Waals surface area contributed by atoms with Gasteiger partial charge in [-0.25, -0.2) is 36.7 Å². The van der Waals surface area contributed by atoms with Gasteiger partial charge in [-0.2, -0.15) is 10.2 Å². The number of nitrogens with zero attached hydrogens (tertiary/aromatic N) is 8. The molecule has 2 N–H and O–H groups in total. The number of ether oxygens (including phenoxy) is 4. The van der Waals surface area contributed by atoms with E-state index in [1.54, 1.807) is 76.4 Å². The summed E-state index contributed by atoms with van der Waals surface area (Å²) in [7, 11) is -6.80. The molecule has 4 aromatic heterocycles. The van der Waals surface area contributed by atoms with Crippen LogP contribution in [0, 0.1) is 34.1 Å². The van der Waals surface area contributed by atoms with Crippen LogP contribution in [0.5, 0.6) is 11.5 Å². The van der Waals surface area contributed by atoms with E-state index in [1.807, 2.05) is 48.5 Å². The number of aromatic nitrogens is 4. The van der Waals surface area contributed by atoms with Gasteiger partial charge < -0.3 is 37.8 Å². The molecule has 2 aliphatic carbocycles. The smallest absolute Gasteiger partial charge is 0.459 e. The molecule has 2 saturated heterocycles. The fourth-order valence-electron chi connectivity index (χ4n) is 13.8. The van der Waals surface area contributed by atoms with E-state index in [0.29, 0.717) is 43.1 Å². The molecule has 4 unspecified atom stereocenters. The number of esters is 2. The number of fused-ring (bicyclic) bond motifs is 14. The van der Waals surface area contributed by atoms with Crippen LogP contribution in [0.4, 0.5) is 17.6 Å². The van der Waals surface area contributed by atoms with Crippen molar-refractivity contribution in [3.63, 3.8) is 0 Å². The first-order valence-corrected chi connectivity index (χ1v) is 37.9. The van der Waals surface area contributed by atoms with E-state index >= 15 is 17.6 Å². The number of pyridine rings is 2. The second-order valence-corrected chi connectivity index (χ2v) is 32.0. The van der Waals surface area contributed by atoms with Gasteiger partial charge in [0.25, 0.3) is 11.8 Å². The predicted molar refractivity (Wildman–Crippen MR) is 375 cm³/mol. The molecule has 4 aromatic carbocycles. The Bertz CT molecular complexity index is 4680. The minimum atomic E-state index is -4.58. The number of halogens is 4. The van der Waals surface area contributed by atoms with Crippen molar-refractivity contribution in [2.75, 3.05) is 77.0 Å². The normalized spacial score (nSPS) is 19.6. The summed E-state index contributed by atoms with van der Waals surface area (Å²) >= 11 is 2.56. The van der Waals surface area contributed by atoms with Crippen LogP contribution in [0.2, 0.25) is 0 Å². The number of benzene rings is 4. The molecule has 26 nitrogen and oxygen atoms in total. The lowest BCUT2D eigenvalue weighted by Crippen LogP contribution is -2.66. The molecule has 0 radical (unpaired) electrons. The third-order valence-corrected chi connectivity index (χ3v) is 23.4. The van der Waals surface area contributed by atoms with Crippen LogP contribution < -0.4 is 40.1 Å². The van der Waals surface area contributed by atoms with Crippen LogP contribution >= 0.6 is 38.2 Å². The average Bonchev–Trinajstić information content (AvgIpc) is 1.30. The van der Waals surface area contributed by atoms with E-state index < -0.39 is 132 Å². The lowest BCUT2D eigenvalue weighted by atomic mass is 9.87. The molecule has 14 rings (SSSR count). The number of hydrogen-bond acceptors (Lipinski definition) is 22. The molecule has 6 aliphatic rings. The maximum absolute atomic E-state index is 16.0. The minimum Gasteiger partial charge on any atom is -0.468 e. The first kappa shape index (κ1) is 73.4. The van der Waals surface area contributed by atoms with E-state index in [0.717, 1.165) is 24.3 Å². The monoisotopic (exact) mass is 1510 g/mol. The lowest BCUT2D eigenvalue weighted by Gasteiger charge is -2.51. The summed E-state index contributed by atoms with van der Waals surface area (Å²) in [5.41, 5.74) is 3.18. The molecular formula is C70H72F4N10O16P2S2. The summed E-state index contributed by atoms with van der Waals surface area (Å²) in [5.74, 6) is -8.25. The fourth-order valence-corrected chi connectivity index (χ4v) is 19.0. The van der Waals surface area contributed by atoms with Gasteiger partial charge in [-0.05, 0) is 70.2 Å². The van der Waals surface area contributed by atoms with Gasteiger partial charge in [0.15, 0.2) is 34.7 Å². The second-order valence-electron chi connectivity index (χ2n) is 26.9. The van der Waals surface area contributed by atoms with E-state index in [9.17, 15) is 37.9 Å². The Morgan fingerprint density at radius 2 is 0.962 bits per heavy atom. The van der Waals surface area contributed by atoms with Crippen molar-refractivity contribution in [3.8, 4) is 54.9 Å². The molecule has 548 valence electrons. The Labute approximate surface area is 601 Å². The SMILES string of the molecule is CCOP(=O)(N[C@@H](C(=O)OC)C(C)(C)C)Oc1c2n(ccc1=O)N(C1c3ccccc3-c3scnc3-c3c1ccc(F)c3F)C1COCCN1C2=O.CCOP(=O)(N[C@@H](C(=O)OC)C(C)(C)C)Oc1c2n(ccc1=O)N([C@@H]1c3ccccc3-c3scnc3-c3c1ccc(F)c3F)[C@@H]1COCCN1C2=O. The van der Waals surface area contributed by atoms with Gasteiger partial charge in [0.1, 0.15) is 24.4 Å². The van der Waals surface area contributed by atoms with Crippen LogP contribution in [0.15, 0.2) is 118 Å². The van der Waals surface area contributed by atoms with Gasteiger partial charge in [0, 0.05) is 48.7 Å². The Morgan fingerprint density at radius 3 is 1.33 bits per heavy atom. The van der Waals surface area contributed by atoms with E-state index in [1.165, 1.54) is 80.6 Å². The number of rotatable bonds is 16. The zero-order chi connectivity index (χ0) is 74.2. The zero-order valence-corrected chi connectivity index (χ0v) is 61.3. The van der Waals surface area contributed by atoms with Crippen LogP contribution in [-0.2, 0) is 46.7 Å². The van der Waals surface area contributed by atoms with E-state index in [4.69, 9.17) is 37.0 Å². The summed E-state index contributed by atoms with van der Waals surface area (Å²) in [5, 5.41) is 8.80. The Hall–Kier alpha value is -8.94. The summed E-state index contributed by atoms with van der Waals surface area (Å²) < 4.78 is 139. The molecular weight excluding hydrogens is 1440 g/mol. The average molecular weight is 1510 g/mol. The number of methoxy groups -OCH3 is 2. The highest BCUT2D eigenvalue weighted by Gasteiger charge is 2.52. The van der Waals surface area contributed by atoms with Gasteiger partial charge in [0.05, 0.1) is 98.1 Å². The second kappa shape index (κ2) is 28.5. The van der Waals surface area contributed by atoms with Gasteiger partial charge >= 0.3 is 27.4 Å². The Morgan fingerprint density at radius 1 is 0.577 bits per heavy atom. The highest BCUT2D eigenvalue weighted by molar-refractivity contribution is 7.52. The van der Waals surface area contributed by atoms with Crippen LogP contribution in [-0.4, -0.2) is 144 Å². The number of carbonyl (C=O) groups is 4. The molecule has 4 aliphatic heterocycles. The third-order valence-electron chi connectivity index (χ3n) is 18.5. The first-order valence-electron chi connectivity index (χ1n) is 33.1. The third kappa shape index (κ3) is 12.9. The topological polar surface area (TPSA) is 283 Å². The molecule has 8 aromatic rings. The predicted octanol–water partition coefficient (Wildman–Crippen LogP) is 10.9. The van der Waals surface area contributed by atoms with Gasteiger partial charge in [0.2, 0.25) is 22.4 Å². The number of thiazole rings is 2. The molecule has 0 spiro atoms. The van der Waals surface area contributed by atoms with Crippen molar-refractivity contribution >= 4 is 61.9 Å². The number of hydrogen-bond donors (Lipinski definition) is 2. The van der Waals surface area contributed by atoms with E-state index in [-0.39, 0.29) is 86.6 Å². The molecule has 0 saturated carbocycles. The number of nitrogens with one attached hydrogen (secondary N) is 2. The van der Waals surface area contributed by atoms with Crippen molar-refractivity contribution < 1.29 is 82.9 Å². The zero-order valence-electron chi connectivity index (χ0n) is 57.8. The van der Waals surface area contributed by atoms with Gasteiger partial charge in [-0.3, -0.25) is 57.2 Å². The first-order chi connectivity index (χ1) is 49.6. The molecule has 8 heterocycles. The van der Waals surface area contributed by atoms with Gasteiger partial charge in [-0.1, -0.05) is 102 Å². The van der Waals surface area contributed by atoms with Crippen LogP contribution in [0.25, 0.3) is 43.4 Å². The molecule has 2 fully saturated rings. The highest BCUT2D eigenvalue weighted by atomic mass is 32.1. The van der Waals surface area contributed by atoms with Crippen LogP contribution in [0.3, 0.4) is 0 Å². The maximum atomic E-state index is 16.0. The Kier molecular flexibility index (Phi) is 20.1. The largest absolute Gasteiger partial charge is 0.468 e. The number of morpholine rings is 2. The van der Waals surface area contributed by atoms with Crippen molar-refractivity contribution in [2.24, 2.45) is 10.8 Å². The molecule has 104 heavy (non-hydrogen) atoms. The van der Waals surface area contributed by atoms with E-state index in [2.05, 4.69) is 20.1 Å². The summed E-state index contributed by atoms with van der Waals surface area (Å²) in [6.07, 6.45) is 1.13. The summed E-state index contributed by atoms with van der Waals surface area (Å²) in [4.78, 5) is 95.3.